The Morgan fingerprint density at radius 1 is 1.37 bits per heavy atom. The molecule has 0 saturated carbocycles. The Balaban J connectivity index is 2.23. The molecular formula is C13H26N2O3S. The second-order valence-corrected chi connectivity index (χ2v) is 7.66. The van der Waals surface area contributed by atoms with Crippen LogP contribution >= 0.6 is 0 Å². The van der Waals surface area contributed by atoms with E-state index in [0.717, 1.165) is 25.7 Å². The molecule has 1 fully saturated rings. The van der Waals surface area contributed by atoms with Crippen LogP contribution in [0.1, 0.15) is 46.0 Å². The van der Waals surface area contributed by atoms with Gasteiger partial charge < -0.3 is 10.6 Å². The molecule has 1 saturated heterocycles. The summed E-state index contributed by atoms with van der Waals surface area (Å²) in [6.07, 6.45) is 4.68. The number of carbonyl (C=O) groups is 1. The molecule has 6 heteroatoms. The van der Waals surface area contributed by atoms with Crippen LogP contribution in [0.4, 0.5) is 0 Å². The summed E-state index contributed by atoms with van der Waals surface area (Å²) < 4.78 is 23.3. The third kappa shape index (κ3) is 5.48. The molecule has 2 atom stereocenters. The molecule has 1 aliphatic heterocycles. The normalized spacial score (nSPS) is 23.2. The molecule has 5 nitrogen and oxygen atoms in total. The van der Waals surface area contributed by atoms with Gasteiger partial charge in [0.2, 0.25) is 5.91 Å². The molecule has 0 aromatic rings. The molecule has 112 valence electrons. The summed E-state index contributed by atoms with van der Waals surface area (Å²) in [5.74, 6) is 0.239. The molecule has 2 N–H and O–H groups in total. The number of unbranched alkanes of at least 4 members (excludes halogenated alkanes) is 2. The van der Waals surface area contributed by atoms with Gasteiger partial charge in [0.05, 0.1) is 17.0 Å². The van der Waals surface area contributed by atoms with Gasteiger partial charge in [0.25, 0.3) is 0 Å². The van der Waals surface area contributed by atoms with Gasteiger partial charge >= 0.3 is 0 Å². The standard InChI is InChI=1S/C13H26N2O3S/c1-3-4-5-8-14-13(16)11(2)15-10-12-7-6-9-19(12,17)18/h11-12,15H,3-10H2,1-2H3,(H,14,16). The van der Waals surface area contributed by atoms with Gasteiger partial charge in [0.1, 0.15) is 0 Å². The van der Waals surface area contributed by atoms with Crippen molar-refractivity contribution in [2.45, 2.75) is 57.2 Å². The minimum atomic E-state index is -2.93. The summed E-state index contributed by atoms with van der Waals surface area (Å²) in [5.41, 5.74) is 0. The monoisotopic (exact) mass is 290 g/mol. The third-order valence-electron chi connectivity index (χ3n) is 3.59. The molecule has 0 aliphatic carbocycles. The van der Waals surface area contributed by atoms with Crippen molar-refractivity contribution in [1.29, 1.82) is 0 Å². The fraction of sp³-hybridized carbons (Fsp3) is 0.923. The lowest BCUT2D eigenvalue weighted by Gasteiger charge is -2.16. The molecule has 1 heterocycles. The summed E-state index contributed by atoms with van der Waals surface area (Å²) in [4.78, 5) is 11.7. The Hall–Kier alpha value is -0.620. The van der Waals surface area contributed by atoms with Crippen LogP contribution in [0.5, 0.6) is 0 Å². The Morgan fingerprint density at radius 2 is 2.11 bits per heavy atom. The highest BCUT2D eigenvalue weighted by atomic mass is 32.2. The summed E-state index contributed by atoms with van der Waals surface area (Å²) in [7, 11) is -2.93. The first-order valence-corrected chi connectivity index (χ1v) is 8.91. The average Bonchev–Trinajstić information content (AvgIpc) is 2.70. The molecule has 2 unspecified atom stereocenters. The van der Waals surface area contributed by atoms with Crippen molar-refractivity contribution in [3.63, 3.8) is 0 Å². The molecule has 1 rings (SSSR count). The first-order valence-electron chi connectivity index (χ1n) is 7.20. The number of hydrogen-bond donors (Lipinski definition) is 2. The van der Waals surface area contributed by atoms with E-state index in [1.165, 1.54) is 0 Å². The van der Waals surface area contributed by atoms with Crippen LogP contribution in [0.15, 0.2) is 0 Å². The van der Waals surface area contributed by atoms with Crippen LogP contribution in [0.3, 0.4) is 0 Å². The number of rotatable bonds is 8. The topological polar surface area (TPSA) is 75.3 Å². The smallest absolute Gasteiger partial charge is 0.236 e. The Morgan fingerprint density at radius 3 is 2.68 bits per heavy atom. The van der Waals surface area contributed by atoms with Gasteiger partial charge in [-0.1, -0.05) is 19.8 Å². The Labute approximate surface area is 116 Å². The molecule has 0 radical (unpaired) electrons. The van der Waals surface area contributed by atoms with Gasteiger partial charge in [-0.15, -0.1) is 0 Å². The van der Waals surface area contributed by atoms with Crippen molar-refractivity contribution in [3.05, 3.63) is 0 Å². The van der Waals surface area contributed by atoms with Crippen molar-refractivity contribution in [3.8, 4) is 0 Å². The van der Waals surface area contributed by atoms with E-state index < -0.39 is 9.84 Å². The highest BCUT2D eigenvalue weighted by Crippen LogP contribution is 2.19. The second kappa shape index (κ2) is 7.85. The molecule has 0 bridgehead atoms. The van der Waals surface area contributed by atoms with E-state index in [9.17, 15) is 13.2 Å². The quantitative estimate of drug-likeness (QED) is 0.650. The van der Waals surface area contributed by atoms with Crippen molar-refractivity contribution in [2.24, 2.45) is 0 Å². The maximum Gasteiger partial charge on any atom is 0.236 e. The van der Waals surface area contributed by atoms with Crippen LogP contribution in [0.2, 0.25) is 0 Å². The van der Waals surface area contributed by atoms with Gasteiger partial charge in [-0.3, -0.25) is 4.79 Å². The fourth-order valence-corrected chi connectivity index (χ4v) is 4.01. The maximum absolute atomic E-state index is 11.7. The zero-order valence-corrected chi connectivity index (χ0v) is 12.8. The van der Waals surface area contributed by atoms with Crippen LogP contribution in [0, 0.1) is 0 Å². The molecule has 0 aromatic carbocycles. The number of nitrogens with one attached hydrogen (secondary N) is 2. The van der Waals surface area contributed by atoms with E-state index in [1.54, 1.807) is 6.92 Å². The summed E-state index contributed by atoms with van der Waals surface area (Å²) in [5, 5.41) is 5.58. The van der Waals surface area contributed by atoms with Crippen LogP contribution in [-0.4, -0.2) is 44.5 Å². The molecule has 1 aliphatic rings. The molecule has 0 aromatic heterocycles. The Bertz CT molecular complexity index is 381. The number of hydrogen-bond acceptors (Lipinski definition) is 4. The lowest BCUT2D eigenvalue weighted by atomic mass is 10.2. The van der Waals surface area contributed by atoms with E-state index in [4.69, 9.17) is 0 Å². The molecule has 1 amide bonds. The highest BCUT2D eigenvalue weighted by molar-refractivity contribution is 7.92. The van der Waals surface area contributed by atoms with E-state index in [-0.39, 0.29) is 23.0 Å². The zero-order valence-electron chi connectivity index (χ0n) is 11.9. The molecular weight excluding hydrogens is 264 g/mol. The number of sulfone groups is 1. The minimum absolute atomic E-state index is 0.0495. The van der Waals surface area contributed by atoms with E-state index in [2.05, 4.69) is 17.6 Å². The molecule has 19 heavy (non-hydrogen) atoms. The van der Waals surface area contributed by atoms with Gasteiger partial charge in [0, 0.05) is 13.1 Å². The first-order chi connectivity index (χ1) is 8.97. The van der Waals surface area contributed by atoms with Gasteiger partial charge in [-0.05, 0) is 26.2 Å². The highest BCUT2D eigenvalue weighted by Gasteiger charge is 2.31. The zero-order chi connectivity index (χ0) is 14.3. The predicted octanol–water partition coefficient (Wildman–Crippen LogP) is 0.848. The predicted molar refractivity (Wildman–Crippen MR) is 76.8 cm³/mol. The third-order valence-corrected chi connectivity index (χ3v) is 5.86. The van der Waals surface area contributed by atoms with Crippen molar-refractivity contribution < 1.29 is 13.2 Å². The second-order valence-electron chi connectivity index (χ2n) is 5.26. The number of amides is 1. The number of carbonyl (C=O) groups excluding carboxylic acids is 1. The fourth-order valence-electron chi connectivity index (χ4n) is 2.23. The minimum Gasteiger partial charge on any atom is -0.355 e. The lowest BCUT2D eigenvalue weighted by Crippen LogP contribution is -2.45. The van der Waals surface area contributed by atoms with E-state index in [1.807, 2.05) is 0 Å². The first kappa shape index (κ1) is 16.4. The average molecular weight is 290 g/mol. The van der Waals surface area contributed by atoms with E-state index >= 15 is 0 Å². The van der Waals surface area contributed by atoms with Crippen molar-refractivity contribution in [2.75, 3.05) is 18.8 Å². The molecule has 0 spiro atoms. The summed E-state index contributed by atoms with van der Waals surface area (Å²) in [6, 6.07) is -0.336. The summed E-state index contributed by atoms with van der Waals surface area (Å²) >= 11 is 0. The van der Waals surface area contributed by atoms with Gasteiger partial charge in [-0.2, -0.15) is 0 Å². The van der Waals surface area contributed by atoms with Crippen molar-refractivity contribution >= 4 is 15.7 Å². The SMILES string of the molecule is CCCCCNC(=O)C(C)NCC1CCCS1(=O)=O. The van der Waals surface area contributed by atoms with Crippen LogP contribution in [0.25, 0.3) is 0 Å². The maximum atomic E-state index is 11.7. The largest absolute Gasteiger partial charge is 0.355 e. The van der Waals surface area contributed by atoms with E-state index in [0.29, 0.717) is 19.5 Å². The van der Waals surface area contributed by atoms with Crippen LogP contribution < -0.4 is 10.6 Å². The van der Waals surface area contributed by atoms with Crippen LogP contribution in [-0.2, 0) is 14.6 Å². The van der Waals surface area contributed by atoms with Gasteiger partial charge in [0.15, 0.2) is 9.84 Å². The lowest BCUT2D eigenvalue weighted by molar-refractivity contribution is -0.122. The Kier molecular flexibility index (Phi) is 6.79. The van der Waals surface area contributed by atoms with Gasteiger partial charge in [-0.25, -0.2) is 8.42 Å². The summed E-state index contributed by atoms with van der Waals surface area (Å²) in [6.45, 7) is 4.97. The van der Waals surface area contributed by atoms with Crippen molar-refractivity contribution in [1.82, 2.24) is 10.6 Å².